The average Bonchev–Trinajstić information content (AvgIpc) is 2.47. The van der Waals surface area contributed by atoms with Crippen molar-refractivity contribution in [2.75, 3.05) is 0 Å². The van der Waals surface area contributed by atoms with E-state index < -0.39 is 29.6 Å². The highest BCUT2D eigenvalue weighted by Gasteiger charge is 2.52. The van der Waals surface area contributed by atoms with E-state index in [4.69, 9.17) is 9.47 Å². The third-order valence-electron chi connectivity index (χ3n) is 4.41. The largest absolute Gasteiger partial charge is 0.475 e. The van der Waals surface area contributed by atoms with Crippen LogP contribution in [0.5, 0.6) is 0 Å². The molecule has 1 rings (SSSR count). The molecule has 1 fully saturated rings. The fraction of sp³-hybridized carbons (Fsp3) is 0.842. The lowest BCUT2D eigenvalue weighted by atomic mass is 9.81. The van der Waals surface area contributed by atoms with Crippen LogP contribution in [0.4, 0.5) is 0 Å². The van der Waals surface area contributed by atoms with Crippen molar-refractivity contribution < 1.29 is 29.0 Å². The van der Waals surface area contributed by atoms with Gasteiger partial charge in [0.25, 0.3) is 0 Å². The maximum absolute atomic E-state index is 12.2. The molecular weight excluding hydrogens is 324 g/mol. The van der Waals surface area contributed by atoms with Crippen LogP contribution in [-0.4, -0.2) is 28.8 Å². The topological polar surface area (TPSA) is 89.9 Å². The molecule has 1 aliphatic heterocycles. The molecule has 6 nitrogen and oxygen atoms in total. The van der Waals surface area contributed by atoms with Crippen molar-refractivity contribution in [3.63, 3.8) is 0 Å². The first-order valence-electron chi connectivity index (χ1n) is 9.24. The second-order valence-corrected chi connectivity index (χ2v) is 8.21. The molecule has 0 amide bonds. The Morgan fingerprint density at radius 3 is 1.76 bits per heavy atom. The van der Waals surface area contributed by atoms with Gasteiger partial charge >= 0.3 is 23.7 Å². The van der Waals surface area contributed by atoms with Gasteiger partial charge in [-0.3, -0.25) is 9.59 Å². The van der Waals surface area contributed by atoms with Crippen LogP contribution in [0.3, 0.4) is 0 Å². The molecule has 1 atom stereocenters. The minimum atomic E-state index is -2.25. The van der Waals surface area contributed by atoms with E-state index in [1.165, 1.54) is 0 Å². The Balaban J connectivity index is 3.11. The molecule has 0 aromatic carbocycles. The first kappa shape index (κ1) is 21.5. The third-order valence-corrected chi connectivity index (χ3v) is 4.41. The monoisotopic (exact) mass is 356 g/mol. The van der Waals surface area contributed by atoms with Gasteiger partial charge in [-0.2, -0.15) is 0 Å². The van der Waals surface area contributed by atoms with E-state index in [1.807, 2.05) is 20.8 Å². The number of carbonyl (C=O) groups is 3. The van der Waals surface area contributed by atoms with E-state index in [2.05, 4.69) is 0 Å². The van der Waals surface area contributed by atoms with Gasteiger partial charge in [0.15, 0.2) is 0 Å². The van der Waals surface area contributed by atoms with Crippen LogP contribution in [0.1, 0.15) is 85.5 Å². The van der Waals surface area contributed by atoms with Gasteiger partial charge in [-0.05, 0) is 24.7 Å². The normalized spacial score (nSPS) is 21.8. The van der Waals surface area contributed by atoms with Gasteiger partial charge in [0, 0.05) is 18.8 Å². The minimum absolute atomic E-state index is 0.134. The molecule has 0 aromatic heterocycles. The fourth-order valence-corrected chi connectivity index (χ4v) is 3.26. The highest BCUT2D eigenvalue weighted by atomic mass is 16.7. The van der Waals surface area contributed by atoms with E-state index >= 15 is 0 Å². The summed E-state index contributed by atoms with van der Waals surface area (Å²) in [4.78, 5) is 36.4. The van der Waals surface area contributed by atoms with Gasteiger partial charge in [0.05, 0.1) is 0 Å². The highest BCUT2D eigenvalue weighted by molar-refractivity contribution is 5.84. The number of hydrogen-bond donors (Lipinski definition) is 1. The molecule has 1 aliphatic rings. The smallest absolute Gasteiger partial charge is 0.390 e. The van der Waals surface area contributed by atoms with Crippen molar-refractivity contribution in [3.05, 3.63) is 0 Å². The second-order valence-electron chi connectivity index (χ2n) is 8.21. The molecule has 0 aromatic rings. The Morgan fingerprint density at radius 2 is 1.40 bits per heavy atom. The van der Waals surface area contributed by atoms with E-state index in [1.54, 1.807) is 6.92 Å². The van der Waals surface area contributed by atoms with Crippen LogP contribution in [0, 0.1) is 11.3 Å². The summed E-state index contributed by atoms with van der Waals surface area (Å²) in [7, 11) is 0. The average molecular weight is 356 g/mol. The Morgan fingerprint density at radius 1 is 1.00 bits per heavy atom. The number of ether oxygens (including phenoxy) is 2. The molecule has 25 heavy (non-hydrogen) atoms. The maximum atomic E-state index is 12.2. The van der Waals surface area contributed by atoms with Gasteiger partial charge in [0.1, 0.15) is 0 Å². The van der Waals surface area contributed by atoms with Gasteiger partial charge in [-0.25, -0.2) is 4.79 Å². The first-order valence-corrected chi connectivity index (χ1v) is 9.24. The number of rotatable bonds is 3. The zero-order valence-electron chi connectivity index (χ0n) is 15.9. The van der Waals surface area contributed by atoms with Crippen molar-refractivity contribution in [2.45, 2.75) is 91.3 Å². The van der Waals surface area contributed by atoms with Crippen LogP contribution in [-0.2, 0) is 23.9 Å². The number of hydrogen-bond acceptors (Lipinski definition) is 5. The van der Waals surface area contributed by atoms with E-state index in [0.717, 1.165) is 25.7 Å². The number of carboxylic acid groups (broad SMARTS) is 1. The van der Waals surface area contributed by atoms with Crippen LogP contribution >= 0.6 is 0 Å². The summed E-state index contributed by atoms with van der Waals surface area (Å²) in [5.41, 5.74) is -0.206. The lowest BCUT2D eigenvalue weighted by Crippen LogP contribution is -2.53. The van der Waals surface area contributed by atoms with Gasteiger partial charge in [-0.15, -0.1) is 0 Å². The second kappa shape index (κ2) is 9.20. The Kier molecular flexibility index (Phi) is 7.90. The molecule has 1 N–H and O–H groups in total. The predicted molar refractivity (Wildman–Crippen MR) is 92.7 cm³/mol. The summed E-state index contributed by atoms with van der Waals surface area (Å²) in [5.74, 6) is -5.61. The summed E-state index contributed by atoms with van der Waals surface area (Å²) in [5, 5.41) is 9.80. The van der Waals surface area contributed by atoms with Crippen molar-refractivity contribution in [2.24, 2.45) is 11.3 Å². The molecule has 0 spiro atoms. The summed E-state index contributed by atoms with van der Waals surface area (Å²) >= 11 is 0. The van der Waals surface area contributed by atoms with Gasteiger partial charge in [-0.1, -0.05) is 53.4 Å². The number of carboxylic acids is 1. The van der Waals surface area contributed by atoms with Crippen molar-refractivity contribution in [1.82, 2.24) is 0 Å². The van der Waals surface area contributed by atoms with Crippen LogP contribution in [0.25, 0.3) is 0 Å². The SMILES string of the molecule is CC(CC(C)(C)C)C1(C(=O)O)OC(=O)CCCCCCCCC(=O)O1. The molecule has 144 valence electrons. The lowest BCUT2D eigenvalue weighted by Gasteiger charge is -2.36. The van der Waals surface area contributed by atoms with Crippen molar-refractivity contribution >= 4 is 17.9 Å². The third kappa shape index (κ3) is 7.04. The number of carbonyl (C=O) groups excluding carboxylic acids is 2. The van der Waals surface area contributed by atoms with E-state index in [-0.39, 0.29) is 18.3 Å². The number of esters is 2. The molecule has 1 unspecified atom stereocenters. The summed E-state index contributed by atoms with van der Waals surface area (Å²) in [6.45, 7) is 7.53. The van der Waals surface area contributed by atoms with Crippen LogP contribution < -0.4 is 0 Å². The zero-order valence-corrected chi connectivity index (χ0v) is 15.9. The highest BCUT2D eigenvalue weighted by Crippen LogP contribution is 2.35. The summed E-state index contributed by atoms with van der Waals surface area (Å²) < 4.78 is 10.6. The molecule has 1 saturated heterocycles. The Bertz CT molecular complexity index is 453. The summed E-state index contributed by atoms with van der Waals surface area (Å²) in [6, 6.07) is 0. The van der Waals surface area contributed by atoms with Crippen LogP contribution in [0.15, 0.2) is 0 Å². The first-order chi connectivity index (χ1) is 11.6. The van der Waals surface area contributed by atoms with Crippen LogP contribution in [0.2, 0.25) is 0 Å². The van der Waals surface area contributed by atoms with E-state index in [9.17, 15) is 19.5 Å². The minimum Gasteiger partial charge on any atom is -0.475 e. The lowest BCUT2D eigenvalue weighted by molar-refractivity contribution is -0.253. The standard InChI is InChI=1S/C19H32O6/c1-14(13-18(2,3)4)19(17(22)23)24-15(20)11-9-7-5-6-8-10-12-16(21)25-19/h14H,5-13H2,1-4H3,(H,22,23). The predicted octanol–water partition coefficient (Wildman–Crippen LogP) is 4.06. The van der Waals surface area contributed by atoms with Gasteiger partial charge < -0.3 is 14.6 Å². The number of cyclic esters (lactones) is 2. The van der Waals surface area contributed by atoms with Crippen molar-refractivity contribution in [3.8, 4) is 0 Å². The molecular formula is C19H32O6. The number of aliphatic carboxylic acids is 1. The fourth-order valence-electron chi connectivity index (χ4n) is 3.26. The zero-order chi connectivity index (χ0) is 19.1. The maximum Gasteiger partial charge on any atom is 0.390 e. The summed E-state index contributed by atoms with van der Waals surface area (Å²) in [6.07, 6.45) is 5.76. The molecule has 1 heterocycles. The Hall–Kier alpha value is -1.59. The van der Waals surface area contributed by atoms with E-state index in [0.29, 0.717) is 19.3 Å². The molecule has 6 heteroatoms. The van der Waals surface area contributed by atoms with Gasteiger partial charge in [0.2, 0.25) is 0 Å². The molecule has 0 radical (unpaired) electrons. The molecule has 0 aliphatic carbocycles. The quantitative estimate of drug-likeness (QED) is 0.767. The Labute approximate surface area is 150 Å². The molecule has 0 bridgehead atoms. The molecule has 0 saturated carbocycles. The van der Waals surface area contributed by atoms with Crippen molar-refractivity contribution in [1.29, 1.82) is 0 Å².